The van der Waals surface area contributed by atoms with Crippen molar-refractivity contribution in [1.29, 1.82) is 0 Å². The summed E-state index contributed by atoms with van der Waals surface area (Å²) in [6.45, 7) is 2.84. The van der Waals surface area contributed by atoms with Crippen LogP contribution >= 0.6 is 0 Å². The minimum atomic E-state index is -3.47. The van der Waals surface area contributed by atoms with Crippen molar-refractivity contribution in [3.8, 4) is 0 Å². The molecule has 0 spiro atoms. The molecule has 0 aliphatic carbocycles. The third-order valence-electron chi connectivity index (χ3n) is 7.74. The minimum Gasteiger partial charge on any atom is -0.390 e. The van der Waals surface area contributed by atoms with E-state index in [1.807, 2.05) is 24.3 Å². The Balaban J connectivity index is 1.53. The minimum absolute atomic E-state index is 0.0204. The molecule has 5 nitrogen and oxygen atoms in total. The van der Waals surface area contributed by atoms with E-state index in [2.05, 4.69) is 15.2 Å². The van der Waals surface area contributed by atoms with Crippen molar-refractivity contribution in [1.82, 2.24) is 14.8 Å². The molecule has 1 aromatic heterocycles. The first-order valence-corrected chi connectivity index (χ1v) is 12.9. The van der Waals surface area contributed by atoms with Gasteiger partial charge < -0.3 is 15.4 Å². The molecule has 38 heavy (non-hydrogen) atoms. The molecule has 5 rings (SSSR count). The van der Waals surface area contributed by atoms with Gasteiger partial charge in [-0.05, 0) is 50.5 Å². The predicted octanol–water partition coefficient (Wildman–Crippen LogP) is 5.26. The molecule has 3 heterocycles. The number of H-pyrrole nitrogens is 1. The Bertz CT molecular complexity index is 1280. The standard InChI is InChI=1S/C28H33F5N4O/c1-27(2)12-20-19-6-3-4-7-23(19)35-25(20)26(37(27)15-28(32,33)16-38)24-21(30)10-17(11-22(24)31)34-18-13-36(14-18)9-5-8-29/h3-4,6-7,10-11,18,26,34-35,38H,5,8-9,12-16H2,1-2H3/t26-/m1/s1. The first-order chi connectivity index (χ1) is 18.0. The molecular formula is C28H33F5N4O. The summed E-state index contributed by atoms with van der Waals surface area (Å²) in [6.07, 6.45) is 0.831. The molecule has 1 atom stereocenters. The molecule has 2 aromatic carbocycles. The van der Waals surface area contributed by atoms with Gasteiger partial charge in [0.1, 0.15) is 18.2 Å². The van der Waals surface area contributed by atoms with Gasteiger partial charge in [0.05, 0.1) is 25.3 Å². The highest BCUT2D eigenvalue weighted by atomic mass is 19.3. The summed E-state index contributed by atoms with van der Waals surface area (Å²) in [6, 6.07) is 8.68. The fraction of sp³-hybridized carbons (Fsp3) is 0.500. The number of rotatable bonds is 9. The maximum atomic E-state index is 15.8. The van der Waals surface area contributed by atoms with Crippen molar-refractivity contribution >= 4 is 16.6 Å². The number of anilines is 1. The Morgan fingerprint density at radius 1 is 1.13 bits per heavy atom. The van der Waals surface area contributed by atoms with Gasteiger partial charge in [-0.2, -0.15) is 0 Å². The maximum Gasteiger partial charge on any atom is 0.283 e. The normalized spacial score (nSPS) is 20.5. The second-order valence-corrected chi connectivity index (χ2v) is 11.1. The van der Waals surface area contributed by atoms with Gasteiger partial charge in [0.2, 0.25) is 0 Å². The first-order valence-electron chi connectivity index (χ1n) is 12.9. The van der Waals surface area contributed by atoms with Crippen LogP contribution in [0.15, 0.2) is 36.4 Å². The zero-order chi connectivity index (χ0) is 27.2. The molecule has 3 N–H and O–H groups in total. The molecule has 0 bridgehead atoms. The summed E-state index contributed by atoms with van der Waals surface area (Å²) in [7, 11) is 0. The number of aliphatic hydroxyl groups is 1. The first kappa shape index (κ1) is 26.9. The highest BCUT2D eigenvalue weighted by Gasteiger charge is 2.48. The van der Waals surface area contributed by atoms with E-state index in [-0.39, 0.29) is 24.0 Å². The monoisotopic (exact) mass is 536 g/mol. The van der Waals surface area contributed by atoms with E-state index >= 15 is 8.78 Å². The number of fused-ring (bicyclic) bond motifs is 3. The molecule has 0 amide bonds. The molecule has 0 saturated carbocycles. The summed E-state index contributed by atoms with van der Waals surface area (Å²) in [4.78, 5) is 6.69. The van der Waals surface area contributed by atoms with Crippen LogP contribution in [-0.2, 0) is 6.42 Å². The van der Waals surface area contributed by atoms with Crippen molar-refractivity contribution in [3.05, 3.63) is 64.9 Å². The molecule has 1 fully saturated rings. The number of hydrogen-bond donors (Lipinski definition) is 3. The highest BCUT2D eigenvalue weighted by Crippen LogP contribution is 2.47. The predicted molar refractivity (Wildman–Crippen MR) is 137 cm³/mol. The van der Waals surface area contributed by atoms with Crippen molar-refractivity contribution in [2.45, 2.75) is 50.2 Å². The Kier molecular flexibility index (Phi) is 7.17. The Morgan fingerprint density at radius 2 is 1.82 bits per heavy atom. The van der Waals surface area contributed by atoms with Crippen molar-refractivity contribution in [2.24, 2.45) is 0 Å². The lowest BCUT2D eigenvalue weighted by Gasteiger charge is -2.48. The van der Waals surface area contributed by atoms with Gasteiger partial charge in [-0.3, -0.25) is 14.2 Å². The van der Waals surface area contributed by atoms with Crippen molar-refractivity contribution in [3.63, 3.8) is 0 Å². The summed E-state index contributed by atoms with van der Waals surface area (Å²) in [5.74, 6) is -5.15. The quantitative estimate of drug-likeness (QED) is 0.327. The number of para-hydroxylation sites is 1. The number of benzene rings is 2. The van der Waals surface area contributed by atoms with Gasteiger partial charge in [0, 0.05) is 53.0 Å². The number of aliphatic hydroxyl groups excluding tert-OH is 1. The number of nitrogens with one attached hydrogen (secondary N) is 2. The van der Waals surface area contributed by atoms with E-state index in [4.69, 9.17) is 0 Å². The number of likely N-dealkylation sites (tertiary alicyclic amines) is 1. The summed E-state index contributed by atoms with van der Waals surface area (Å²) < 4.78 is 73.2. The molecular weight excluding hydrogens is 503 g/mol. The Labute approximate surface area is 218 Å². The maximum absolute atomic E-state index is 15.8. The average molecular weight is 537 g/mol. The zero-order valence-corrected chi connectivity index (χ0v) is 21.5. The summed E-state index contributed by atoms with van der Waals surface area (Å²) in [5, 5.41) is 13.3. The second-order valence-electron chi connectivity index (χ2n) is 11.1. The molecule has 206 valence electrons. The highest BCUT2D eigenvalue weighted by molar-refractivity contribution is 5.85. The van der Waals surface area contributed by atoms with E-state index < -0.39 is 42.3 Å². The van der Waals surface area contributed by atoms with Crippen LogP contribution < -0.4 is 5.32 Å². The molecule has 0 unspecified atom stereocenters. The van der Waals surface area contributed by atoms with Crippen LogP contribution in [0.2, 0.25) is 0 Å². The van der Waals surface area contributed by atoms with Gasteiger partial charge in [-0.15, -0.1) is 0 Å². The Morgan fingerprint density at radius 3 is 2.47 bits per heavy atom. The van der Waals surface area contributed by atoms with Gasteiger partial charge in [-0.25, -0.2) is 17.6 Å². The zero-order valence-electron chi connectivity index (χ0n) is 21.5. The number of hydrogen-bond acceptors (Lipinski definition) is 4. The molecule has 1 saturated heterocycles. The molecule has 2 aliphatic rings. The van der Waals surface area contributed by atoms with Crippen molar-refractivity contribution in [2.75, 3.05) is 44.8 Å². The third-order valence-corrected chi connectivity index (χ3v) is 7.74. The van der Waals surface area contributed by atoms with E-state index in [9.17, 15) is 18.3 Å². The van der Waals surface area contributed by atoms with Crippen LogP contribution in [0.5, 0.6) is 0 Å². The van der Waals surface area contributed by atoms with E-state index in [1.165, 1.54) is 17.0 Å². The second kappa shape index (κ2) is 10.1. The van der Waals surface area contributed by atoms with Crippen LogP contribution in [0.25, 0.3) is 10.9 Å². The SMILES string of the molecule is CC1(C)Cc2c([nH]c3ccccc23)[C@@H](c2c(F)cc(NC3CN(CCCF)C3)cc2F)N1CC(F)(F)CO. The van der Waals surface area contributed by atoms with Crippen LogP contribution in [0.1, 0.15) is 43.1 Å². The lowest BCUT2D eigenvalue weighted by molar-refractivity contribution is -0.100. The largest absolute Gasteiger partial charge is 0.390 e. The summed E-state index contributed by atoms with van der Waals surface area (Å²) in [5.41, 5.74) is 1.12. The van der Waals surface area contributed by atoms with E-state index in [1.54, 1.807) is 13.8 Å². The molecule has 2 aliphatic heterocycles. The van der Waals surface area contributed by atoms with E-state index in [0.29, 0.717) is 38.2 Å². The van der Waals surface area contributed by atoms with Crippen molar-refractivity contribution < 1.29 is 27.1 Å². The topological polar surface area (TPSA) is 54.5 Å². The van der Waals surface area contributed by atoms with Crippen LogP contribution in [-0.4, -0.2) is 76.9 Å². The molecule has 0 radical (unpaired) electrons. The van der Waals surface area contributed by atoms with Crippen LogP contribution in [0.3, 0.4) is 0 Å². The number of halogens is 5. The third kappa shape index (κ3) is 5.01. The summed E-state index contributed by atoms with van der Waals surface area (Å²) >= 11 is 0. The fourth-order valence-electron chi connectivity index (χ4n) is 5.88. The number of alkyl halides is 3. The van der Waals surface area contributed by atoms with Gasteiger partial charge in [0.25, 0.3) is 5.92 Å². The lowest BCUT2D eigenvalue weighted by atomic mass is 9.81. The lowest BCUT2D eigenvalue weighted by Crippen LogP contribution is -2.56. The smallest absolute Gasteiger partial charge is 0.283 e. The molecule has 10 heteroatoms. The Hall–Kier alpha value is -2.69. The average Bonchev–Trinajstić information content (AvgIpc) is 3.19. The van der Waals surface area contributed by atoms with Crippen LogP contribution in [0.4, 0.5) is 27.6 Å². The molecule has 3 aromatic rings. The van der Waals surface area contributed by atoms with Gasteiger partial charge in [0.15, 0.2) is 0 Å². The number of aromatic nitrogens is 1. The number of aromatic amines is 1. The van der Waals surface area contributed by atoms with Gasteiger partial charge in [-0.1, -0.05) is 18.2 Å². The van der Waals surface area contributed by atoms with E-state index in [0.717, 1.165) is 16.5 Å². The van der Waals surface area contributed by atoms with Crippen LogP contribution in [0, 0.1) is 11.6 Å². The number of nitrogens with zero attached hydrogens (tertiary/aromatic N) is 2. The van der Waals surface area contributed by atoms with Gasteiger partial charge >= 0.3 is 0 Å². The fourth-order valence-corrected chi connectivity index (χ4v) is 5.88.